The van der Waals surface area contributed by atoms with Crippen LogP contribution in [0.4, 0.5) is 4.39 Å². The minimum atomic E-state index is -0.309. The summed E-state index contributed by atoms with van der Waals surface area (Å²) in [7, 11) is 0. The fraction of sp³-hybridized carbons (Fsp3) is 0.300. The highest BCUT2D eigenvalue weighted by atomic mass is 32.2. The van der Waals surface area contributed by atoms with Crippen molar-refractivity contribution < 1.29 is 14.0 Å². The minimum absolute atomic E-state index is 0.0343. The Morgan fingerprint density at radius 1 is 1.08 bits per heavy atom. The molecule has 0 aliphatic carbocycles. The van der Waals surface area contributed by atoms with Crippen molar-refractivity contribution >= 4 is 23.6 Å². The van der Waals surface area contributed by atoms with Crippen LogP contribution in [0.1, 0.15) is 18.9 Å². The van der Waals surface area contributed by atoms with Crippen LogP contribution in [-0.4, -0.2) is 35.6 Å². The van der Waals surface area contributed by atoms with Crippen molar-refractivity contribution in [2.45, 2.75) is 24.8 Å². The van der Waals surface area contributed by atoms with Gasteiger partial charge in [-0.05, 0) is 36.8 Å². The number of hydrogen-bond donors (Lipinski definition) is 1. The van der Waals surface area contributed by atoms with E-state index in [9.17, 15) is 14.0 Å². The van der Waals surface area contributed by atoms with E-state index in [0.717, 1.165) is 10.5 Å². The SMILES string of the molecule is CCN(CC(=O)NCc1ccc(F)cc1)C(=O)CCSc1ccccc1. The molecule has 2 rings (SSSR count). The van der Waals surface area contributed by atoms with Gasteiger partial charge in [0, 0.05) is 30.2 Å². The molecular formula is C20H23FN2O2S. The number of carbonyl (C=O) groups excluding carboxylic acids is 2. The number of amides is 2. The van der Waals surface area contributed by atoms with Crippen LogP contribution in [0.15, 0.2) is 59.5 Å². The molecule has 0 spiro atoms. The van der Waals surface area contributed by atoms with E-state index in [0.29, 0.717) is 25.3 Å². The van der Waals surface area contributed by atoms with E-state index in [1.165, 1.54) is 12.1 Å². The third kappa shape index (κ3) is 6.88. The molecule has 0 atom stereocenters. The van der Waals surface area contributed by atoms with Gasteiger partial charge in [-0.3, -0.25) is 9.59 Å². The summed E-state index contributed by atoms with van der Waals surface area (Å²) in [6, 6.07) is 15.9. The lowest BCUT2D eigenvalue weighted by Gasteiger charge is -2.20. The molecule has 26 heavy (non-hydrogen) atoms. The predicted molar refractivity (Wildman–Crippen MR) is 102 cm³/mol. The maximum atomic E-state index is 12.9. The van der Waals surface area contributed by atoms with Crippen molar-refractivity contribution in [1.29, 1.82) is 0 Å². The monoisotopic (exact) mass is 374 g/mol. The van der Waals surface area contributed by atoms with Gasteiger partial charge in [0.15, 0.2) is 0 Å². The highest BCUT2D eigenvalue weighted by Crippen LogP contribution is 2.18. The van der Waals surface area contributed by atoms with Crippen LogP contribution >= 0.6 is 11.8 Å². The molecule has 0 aromatic heterocycles. The first-order chi connectivity index (χ1) is 12.6. The molecule has 1 N–H and O–H groups in total. The van der Waals surface area contributed by atoms with E-state index in [1.807, 2.05) is 37.3 Å². The second kappa shape index (κ2) is 10.6. The number of thioether (sulfide) groups is 1. The highest BCUT2D eigenvalue weighted by Gasteiger charge is 2.15. The van der Waals surface area contributed by atoms with Gasteiger partial charge in [-0.1, -0.05) is 30.3 Å². The first-order valence-corrected chi connectivity index (χ1v) is 9.54. The van der Waals surface area contributed by atoms with E-state index in [1.54, 1.807) is 28.8 Å². The predicted octanol–water partition coefficient (Wildman–Crippen LogP) is 3.47. The molecule has 0 bridgehead atoms. The first-order valence-electron chi connectivity index (χ1n) is 8.55. The fourth-order valence-corrected chi connectivity index (χ4v) is 3.20. The molecule has 138 valence electrons. The van der Waals surface area contributed by atoms with Gasteiger partial charge in [0.05, 0.1) is 6.54 Å². The average molecular weight is 374 g/mol. The Kier molecular flexibility index (Phi) is 8.15. The van der Waals surface area contributed by atoms with Gasteiger partial charge in [-0.25, -0.2) is 4.39 Å². The number of rotatable bonds is 9. The van der Waals surface area contributed by atoms with Gasteiger partial charge in [0.2, 0.25) is 11.8 Å². The molecule has 0 aliphatic rings. The molecule has 2 amide bonds. The number of carbonyl (C=O) groups is 2. The smallest absolute Gasteiger partial charge is 0.239 e. The summed E-state index contributed by atoms with van der Waals surface area (Å²) in [5.41, 5.74) is 0.813. The second-order valence-corrected chi connectivity index (χ2v) is 6.89. The van der Waals surface area contributed by atoms with Gasteiger partial charge >= 0.3 is 0 Å². The maximum absolute atomic E-state index is 12.9. The van der Waals surface area contributed by atoms with Crippen LogP contribution in [-0.2, 0) is 16.1 Å². The molecule has 2 aromatic rings. The standard InChI is InChI=1S/C20H23FN2O2S/c1-2-23(20(25)12-13-26-18-6-4-3-5-7-18)15-19(24)22-14-16-8-10-17(21)11-9-16/h3-11H,2,12-15H2,1H3,(H,22,24). The van der Waals surface area contributed by atoms with E-state index in [-0.39, 0.29) is 24.2 Å². The van der Waals surface area contributed by atoms with Gasteiger partial charge < -0.3 is 10.2 Å². The first kappa shape index (κ1) is 20.0. The van der Waals surface area contributed by atoms with Crippen molar-refractivity contribution in [3.8, 4) is 0 Å². The average Bonchev–Trinajstić information content (AvgIpc) is 2.66. The Bertz CT molecular complexity index is 708. The molecule has 0 radical (unpaired) electrons. The molecule has 0 aliphatic heterocycles. The summed E-state index contributed by atoms with van der Waals surface area (Å²) in [4.78, 5) is 27.0. The second-order valence-electron chi connectivity index (χ2n) is 5.72. The summed E-state index contributed by atoms with van der Waals surface area (Å²) in [6.45, 7) is 2.69. The Morgan fingerprint density at radius 3 is 2.42 bits per heavy atom. The van der Waals surface area contributed by atoms with Crippen LogP contribution in [0, 0.1) is 5.82 Å². The van der Waals surface area contributed by atoms with Gasteiger partial charge in [-0.15, -0.1) is 11.8 Å². The van der Waals surface area contributed by atoms with Crippen molar-refractivity contribution in [2.24, 2.45) is 0 Å². The van der Waals surface area contributed by atoms with Crippen LogP contribution in [0.3, 0.4) is 0 Å². The molecule has 4 nitrogen and oxygen atoms in total. The van der Waals surface area contributed by atoms with Crippen LogP contribution in [0.2, 0.25) is 0 Å². The lowest BCUT2D eigenvalue weighted by molar-refractivity contribution is -0.135. The normalized spacial score (nSPS) is 10.4. The Hall–Kier alpha value is -2.34. The zero-order chi connectivity index (χ0) is 18.8. The molecule has 0 saturated heterocycles. The third-order valence-electron chi connectivity index (χ3n) is 3.80. The quantitative estimate of drug-likeness (QED) is 0.684. The molecule has 6 heteroatoms. The summed E-state index contributed by atoms with van der Waals surface area (Å²) >= 11 is 1.63. The van der Waals surface area contributed by atoms with Crippen LogP contribution in [0.5, 0.6) is 0 Å². The summed E-state index contributed by atoms with van der Waals surface area (Å²) in [6.07, 6.45) is 0.388. The molecule has 0 saturated carbocycles. The molecule has 2 aromatic carbocycles. The van der Waals surface area contributed by atoms with Crippen molar-refractivity contribution in [3.05, 3.63) is 66.0 Å². The van der Waals surface area contributed by atoms with Crippen molar-refractivity contribution in [2.75, 3.05) is 18.8 Å². The number of hydrogen-bond acceptors (Lipinski definition) is 3. The Labute approximate surface area is 157 Å². The third-order valence-corrected chi connectivity index (χ3v) is 4.81. The van der Waals surface area contributed by atoms with Gasteiger partial charge in [-0.2, -0.15) is 0 Å². The lowest BCUT2D eigenvalue weighted by Crippen LogP contribution is -2.40. The number of benzene rings is 2. The summed E-state index contributed by atoms with van der Waals surface area (Å²) in [5.74, 6) is 0.112. The maximum Gasteiger partial charge on any atom is 0.239 e. The summed E-state index contributed by atoms with van der Waals surface area (Å²) < 4.78 is 12.9. The Balaban J connectivity index is 1.73. The number of nitrogens with one attached hydrogen (secondary N) is 1. The molecule has 0 fully saturated rings. The largest absolute Gasteiger partial charge is 0.350 e. The van der Waals surface area contributed by atoms with Crippen LogP contribution < -0.4 is 5.32 Å². The highest BCUT2D eigenvalue weighted by molar-refractivity contribution is 7.99. The number of likely N-dealkylation sites (N-methyl/N-ethyl adjacent to an activating group) is 1. The van der Waals surface area contributed by atoms with Crippen LogP contribution in [0.25, 0.3) is 0 Å². The van der Waals surface area contributed by atoms with E-state index in [2.05, 4.69) is 5.32 Å². The molecule has 0 heterocycles. The molecular weight excluding hydrogens is 351 g/mol. The minimum Gasteiger partial charge on any atom is -0.350 e. The summed E-state index contributed by atoms with van der Waals surface area (Å²) in [5, 5.41) is 2.76. The van der Waals surface area contributed by atoms with Crippen molar-refractivity contribution in [1.82, 2.24) is 10.2 Å². The number of halogens is 1. The lowest BCUT2D eigenvalue weighted by atomic mass is 10.2. The zero-order valence-corrected chi connectivity index (χ0v) is 15.6. The van der Waals surface area contributed by atoms with E-state index in [4.69, 9.17) is 0 Å². The number of nitrogens with zero attached hydrogens (tertiary/aromatic N) is 1. The van der Waals surface area contributed by atoms with Crippen molar-refractivity contribution in [3.63, 3.8) is 0 Å². The topological polar surface area (TPSA) is 49.4 Å². The molecule has 0 unspecified atom stereocenters. The van der Waals surface area contributed by atoms with Gasteiger partial charge in [0.25, 0.3) is 0 Å². The fourth-order valence-electron chi connectivity index (χ4n) is 2.34. The van der Waals surface area contributed by atoms with E-state index >= 15 is 0 Å². The zero-order valence-electron chi connectivity index (χ0n) is 14.8. The Morgan fingerprint density at radius 2 is 1.77 bits per heavy atom. The van der Waals surface area contributed by atoms with Gasteiger partial charge in [0.1, 0.15) is 5.82 Å². The van der Waals surface area contributed by atoms with E-state index < -0.39 is 0 Å².